The molecule has 0 aliphatic carbocycles. The highest BCUT2D eigenvalue weighted by atomic mass is 35.5. The summed E-state index contributed by atoms with van der Waals surface area (Å²) in [5, 5.41) is 9.67. The highest BCUT2D eigenvalue weighted by Crippen LogP contribution is 2.36. The van der Waals surface area contributed by atoms with Crippen molar-refractivity contribution in [2.45, 2.75) is 6.42 Å². The van der Waals surface area contributed by atoms with E-state index >= 15 is 0 Å². The van der Waals surface area contributed by atoms with Crippen LogP contribution in [-0.2, 0) is 0 Å². The van der Waals surface area contributed by atoms with Crippen molar-refractivity contribution in [1.29, 1.82) is 0 Å². The summed E-state index contributed by atoms with van der Waals surface area (Å²) in [7, 11) is 1.43. The SMILES string of the molecule is COc1ccc(C(=O)CCN)c(O)c1Cl. The lowest BCUT2D eigenvalue weighted by Crippen LogP contribution is -2.08. The van der Waals surface area contributed by atoms with E-state index in [1.807, 2.05) is 0 Å². The Balaban J connectivity index is 3.11. The predicted octanol–water partition coefficient (Wildman–Crippen LogP) is 1.59. The normalized spacial score (nSPS) is 10.1. The number of methoxy groups -OCH3 is 1. The molecular formula is C10H12ClNO3. The third kappa shape index (κ3) is 2.40. The van der Waals surface area contributed by atoms with Crippen LogP contribution in [0.3, 0.4) is 0 Å². The summed E-state index contributed by atoms with van der Waals surface area (Å²) in [5.74, 6) is -0.160. The molecule has 0 bridgehead atoms. The topological polar surface area (TPSA) is 72.5 Å². The number of Topliss-reactive ketones (excluding diaryl/α,β-unsaturated/α-hetero) is 1. The van der Waals surface area contributed by atoms with Crippen molar-refractivity contribution >= 4 is 17.4 Å². The van der Waals surface area contributed by atoms with E-state index in [1.54, 1.807) is 0 Å². The van der Waals surface area contributed by atoms with Crippen molar-refractivity contribution in [3.8, 4) is 11.5 Å². The predicted molar refractivity (Wildman–Crippen MR) is 57.7 cm³/mol. The number of benzene rings is 1. The molecule has 1 aromatic rings. The number of rotatable bonds is 4. The maximum Gasteiger partial charge on any atom is 0.167 e. The summed E-state index contributed by atoms with van der Waals surface area (Å²) >= 11 is 5.78. The van der Waals surface area contributed by atoms with Crippen molar-refractivity contribution < 1.29 is 14.6 Å². The molecule has 0 radical (unpaired) electrons. The number of hydrogen-bond acceptors (Lipinski definition) is 4. The van der Waals surface area contributed by atoms with Gasteiger partial charge in [-0.1, -0.05) is 11.6 Å². The molecule has 0 heterocycles. The van der Waals surface area contributed by atoms with Crippen molar-refractivity contribution in [2.75, 3.05) is 13.7 Å². The van der Waals surface area contributed by atoms with Gasteiger partial charge < -0.3 is 15.6 Å². The Morgan fingerprint density at radius 3 is 2.80 bits per heavy atom. The molecule has 0 spiro atoms. The van der Waals surface area contributed by atoms with Gasteiger partial charge in [0.1, 0.15) is 16.5 Å². The van der Waals surface area contributed by atoms with Gasteiger partial charge in [0.15, 0.2) is 5.78 Å². The zero-order chi connectivity index (χ0) is 11.4. The maximum absolute atomic E-state index is 11.5. The van der Waals surface area contributed by atoms with Crippen molar-refractivity contribution in [1.82, 2.24) is 0 Å². The molecule has 3 N–H and O–H groups in total. The largest absolute Gasteiger partial charge is 0.505 e. The fourth-order valence-electron chi connectivity index (χ4n) is 1.19. The second kappa shape index (κ2) is 5.00. The number of phenolic OH excluding ortho intramolecular Hbond substituents is 1. The molecule has 4 nitrogen and oxygen atoms in total. The van der Waals surface area contributed by atoms with Crippen LogP contribution >= 0.6 is 11.6 Å². The van der Waals surface area contributed by atoms with E-state index in [1.165, 1.54) is 19.2 Å². The van der Waals surface area contributed by atoms with Crippen molar-refractivity contribution in [2.24, 2.45) is 5.73 Å². The van der Waals surface area contributed by atoms with Gasteiger partial charge in [-0.25, -0.2) is 0 Å². The van der Waals surface area contributed by atoms with E-state index < -0.39 is 0 Å². The number of nitrogens with two attached hydrogens (primary N) is 1. The molecule has 0 saturated carbocycles. The summed E-state index contributed by atoms with van der Waals surface area (Å²) in [4.78, 5) is 11.5. The van der Waals surface area contributed by atoms with E-state index in [0.717, 1.165) is 0 Å². The molecule has 1 rings (SSSR count). The minimum atomic E-state index is -0.255. The Labute approximate surface area is 92.6 Å². The van der Waals surface area contributed by atoms with Crippen molar-refractivity contribution in [3.05, 3.63) is 22.7 Å². The third-order valence-corrected chi connectivity index (χ3v) is 2.34. The molecule has 1 aromatic carbocycles. The summed E-state index contributed by atoms with van der Waals surface area (Å²) in [5.41, 5.74) is 5.42. The summed E-state index contributed by atoms with van der Waals surface area (Å²) in [6, 6.07) is 3.00. The van der Waals surface area contributed by atoms with Crippen LogP contribution in [0.2, 0.25) is 5.02 Å². The Morgan fingerprint density at radius 1 is 1.60 bits per heavy atom. The maximum atomic E-state index is 11.5. The number of ketones is 1. The van der Waals surface area contributed by atoms with Gasteiger partial charge in [-0.3, -0.25) is 4.79 Å². The molecule has 0 saturated heterocycles. The second-order valence-electron chi connectivity index (χ2n) is 2.94. The molecule has 82 valence electrons. The molecule has 0 amide bonds. The first-order valence-corrected chi connectivity index (χ1v) is 4.78. The first-order chi connectivity index (χ1) is 7.11. The molecular weight excluding hydrogens is 218 g/mol. The zero-order valence-corrected chi connectivity index (χ0v) is 9.04. The van der Waals surface area contributed by atoms with Crippen LogP contribution in [0.25, 0.3) is 0 Å². The molecule has 0 aromatic heterocycles. The molecule has 5 heteroatoms. The van der Waals surface area contributed by atoms with E-state index in [4.69, 9.17) is 22.1 Å². The highest BCUT2D eigenvalue weighted by Gasteiger charge is 2.16. The Hall–Kier alpha value is -1.26. The van der Waals surface area contributed by atoms with E-state index in [-0.39, 0.29) is 35.1 Å². The minimum absolute atomic E-state index is 0.0420. The van der Waals surface area contributed by atoms with Crippen molar-refractivity contribution in [3.63, 3.8) is 0 Å². The average Bonchev–Trinajstić information content (AvgIpc) is 2.22. The molecule has 0 aliphatic rings. The van der Waals surface area contributed by atoms with Crippen LogP contribution < -0.4 is 10.5 Å². The van der Waals surface area contributed by atoms with Crippen LogP contribution in [0.1, 0.15) is 16.8 Å². The highest BCUT2D eigenvalue weighted by molar-refractivity contribution is 6.34. The lowest BCUT2D eigenvalue weighted by molar-refractivity contribution is 0.0983. The summed E-state index contributed by atoms with van der Waals surface area (Å²) in [6.45, 7) is 0.238. The van der Waals surface area contributed by atoms with Gasteiger partial charge in [-0.2, -0.15) is 0 Å². The molecule has 0 unspecified atom stereocenters. The Kier molecular flexibility index (Phi) is 3.94. The quantitative estimate of drug-likeness (QED) is 0.769. The first kappa shape index (κ1) is 11.8. The lowest BCUT2D eigenvalue weighted by atomic mass is 10.1. The Morgan fingerprint density at radius 2 is 2.27 bits per heavy atom. The number of halogens is 1. The number of hydrogen-bond donors (Lipinski definition) is 2. The molecule has 0 aliphatic heterocycles. The molecule has 0 atom stereocenters. The van der Waals surface area contributed by atoms with Crippen LogP contribution in [0.15, 0.2) is 12.1 Å². The molecule has 0 fully saturated rings. The minimum Gasteiger partial charge on any atom is -0.505 e. The summed E-state index contributed by atoms with van der Waals surface area (Å²) in [6.07, 6.45) is 0.177. The van der Waals surface area contributed by atoms with E-state index in [2.05, 4.69) is 0 Å². The van der Waals surface area contributed by atoms with Gasteiger partial charge >= 0.3 is 0 Å². The lowest BCUT2D eigenvalue weighted by Gasteiger charge is -2.08. The van der Waals surface area contributed by atoms with Gasteiger partial charge in [0.25, 0.3) is 0 Å². The van der Waals surface area contributed by atoms with Crippen LogP contribution in [0, 0.1) is 0 Å². The summed E-state index contributed by atoms with van der Waals surface area (Å²) < 4.78 is 4.89. The third-order valence-electron chi connectivity index (χ3n) is 1.97. The van der Waals surface area contributed by atoms with E-state index in [9.17, 15) is 9.90 Å². The van der Waals surface area contributed by atoms with Gasteiger partial charge in [0.2, 0.25) is 0 Å². The first-order valence-electron chi connectivity index (χ1n) is 4.40. The monoisotopic (exact) mass is 229 g/mol. The van der Waals surface area contributed by atoms with Gasteiger partial charge in [0.05, 0.1) is 12.7 Å². The van der Waals surface area contributed by atoms with Gasteiger partial charge in [-0.15, -0.1) is 0 Å². The smallest absolute Gasteiger partial charge is 0.167 e. The second-order valence-corrected chi connectivity index (χ2v) is 3.32. The fourth-order valence-corrected chi connectivity index (χ4v) is 1.44. The standard InChI is InChI=1S/C10H12ClNO3/c1-15-8-3-2-6(7(13)4-5-12)10(14)9(8)11/h2-3,14H,4-5,12H2,1H3. The number of carbonyl (C=O) groups excluding carboxylic acids is 1. The molecule has 15 heavy (non-hydrogen) atoms. The number of aromatic hydroxyl groups is 1. The van der Waals surface area contributed by atoms with Gasteiger partial charge in [-0.05, 0) is 18.7 Å². The fraction of sp³-hybridized carbons (Fsp3) is 0.300. The van der Waals surface area contributed by atoms with E-state index in [0.29, 0.717) is 5.75 Å². The zero-order valence-electron chi connectivity index (χ0n) is 8.29. The van der Waals surface area contributed by atoms with Crippen LogP contribution in [0.4, 0.5) is 0 Å². The number of phenols is 1. The Bertz CT molecular complexity index is 379. The number of ether oxygens (including phenoxy) is 1. The average molecular weight is 230 g/mol. The van der Waals surface area contributed by atoms with Crippen LogP contribution in [-0.4, -0.2) is 24.5 Å². The van der Waals surface area contributed by atoms with Gasteiger partial charge in [0, 0.05) is 6.42 Å². The van der Waals surface area contributed by atoms with Crippen LogP contribution in [0.5, 0.6) is 11.5 Å². The number of carbonyl (C=O) groups is 1.